The zero-order valence-electron chi connectivity index (χ0n) is 10.8. The largest absolute Gasteiger partial charge is 0.306 e. The number of aromatic amines is 1. The maximum Gasteiger partial charge on any atom is 0.251 e. The van der Waals surface area contributed by atoms with Crippen LogP contribution in [0.15, 0.2) is 28.4 Å². The van der Waals surface area contributed by atoms with Gasteiger partial charge in [0.1, 0.15) is 0 Å². The molecule has 0 spiro atoms. The third kappa shape index (κ3) is 3.51. The van der Waals surface area contributed by atoms with E-state index < -0.39 is 0 Å². The lowest BCUT2D eigenvalue weighted by Crippen LogP contribution is -2.35. The molecule has 2 aromatic heterocycles. The summed E-state index contributed by atoms with van der Waals surface area (Å²) in [4.78, 5) is 19.8. The van der Waals surface area contributed by atoms with Gasteiger partial charge in [-0.2, -0.15) is 0 Å². The van der Waals surface area contributed by atoms with E-state index in [1.54, 1.807) is 11.3 Å². The molecule has 0 unspecified atom stereocenters. The molecule has 0 aliphatic rings. The summed E-state index contributed by atoms with van der Waals surface area (Å²) in [6.07, 6.45) is 0. The summed E-state index contributed by atoms with van der Waals surface area (Å²) in [6.45, 7) is 6.84. The van der Waals surface area contributed by atoms with Crippen LogP contribution < -0.4 is 10.9 Å². The van der Waals surface area contributed by atoms with Gasteiger partial charge in [0.15, 0.2) is 5.82 Å². The number of hydrogen-bond acceptors (Lipinski definition) is 4. The van der Waals surface area contributed by atoms with Gasteiger partial charge in [0.05, 0.1) is 10.6 Å². The number of rotatable bonds is 3. The summed E-state index contributed by atoms with van der Waals surface area (Å²) in [5, 5.41) is 5.29. The molecule has 0 aliphatic heterocycles. The fourth-order valence-electron chi connectivity index (χ4n) is 1.48. The van der Waals surface area contributed by atoms with Crippen molar-refractivity contribution < 1.29 is 0 Å². The minimum atomic E-state index is -0.112. The van der Waals surface area contributed by atoms with Crippen molar-refractivity contribution in [2.75, 3.05) is 0 Å². The molecule has 2 heterocycles. The number of nitrogens with zero attached hydrogens (tertiary/aromatic N) is 1. The van der Waals surface area contributed by atoms with Crippen LogP contribution in [0.3, 0.4) is 0 Å². The Morgan fingerprint density at radius 2 is 2.22 bits per heavy atom. The number of H-pyrrole nitrogens is 1. The molecule has 0 aliphatic carbocycles. The monoisotopic (exact) mass is 263 g/mol. The van der Waals surface area contributed by atoms with Crippen LogP contribution in [0.25, 0.3) is 10.7 Å². The topological polar surface area (TPSA) is 57.8 Å². The molecule has 0 atom stereocenters. The van der Waals surface area contributed by atoms with Gasteiger partial charge >= 0.3 is 0 Å². The third-order valence-electron chi connectivity index (χ3n) is 2.35. The Balaban J connectivity index is 2.25. The molecular weight excluding hydrogens is 246 g/mol. The minimum Gasteiger partial charge on any atom is -0.306 e. The third-order valence-corrected chi connectivity index (χ3v) is 3.23. The van der Waals surface area contributed by atoms with Crippen molar-refractivity contribution in [1.29, 1.82) is 0 Å². The summed E-state index contributed by atoms with van der Waals surface area (Å²) in [6, 6.07) is 5.43. The van der Waals surface area contributed by atoms with Crippen LogP contribution in [0.4, 0.5) is 0 Å². The number of thiophene rings is 1. The van der Waals surface area contributed by atoms with Crippen LogP contribution in [0, 0.1) is 0 Å². The van der Waals surface area contributed by atoms with E-state index in [-0.39, 0.29) is 11.1 Å². The van der Waals surface area contributed by atoms with Gasteiger partial charge < -0.3 is 10.3 Å². The van der Waals surface area contributed by atoms with Gasteiger partial charge in [0.25, 0.3) is 5.56 Å². The predicted octanol–water partition coefficient (Wildman–Crippen LogP) is 2.39. The Kier molecular flexibility index (Phi) is 3.63. The van der Waals surface area contributed by atoms with E-state index in [1.807, 2.05) is 17.5 Å². The van der Waals surface area contributed by atoms with E-state index in [1.165, 1.54) is 6.07 Å². The first-order valence-electron chi connectivity index (χ1n) is 5.83. The van der Waals surface area contributed by atoms with Gasteiger partial charge in [-0.25, -0.2) is 4.98 Å². The Morgan fingerprint density at radius 3 is 2.83 bits per heavy atom. The summed E-state index contributed by atoms with van der Waals surface area (Å²) < 4.78 is 0. The first kappa shape index (κ1) is 13.0. The number of hydrogen-bond donors (Lipinski definition) is 2. The zero-order valence-corrected chi connectivity index (χ0v) is 11.6. The molecule has 5 heteroatoms. The molecule has 0 bridgehead atoms. The highest BCUT2D eigenvalue weighted by molar-refractivity contribution is 7.13. The second-order valence-corrected chi connectivity index (χ2v) is 6.11. The summed E-state index contributed by atoms with van der Waals surface area (Å²) in [5.74, 6) is 0.642. The number of aromatic nitrogens is 2. The van der Waals surface area contributed by atoms with E-state index >= 15 is 0 Å². The molecule has 2 rings (SSSR count). The normalized spacial score (nSPS) is 11.7. The van der Waals surface area contributed by atoms with Gasteiger partial charge in [-0.05, 0) is 32.2 Å². The van der Waals surface area contributed by atoms with Crippen molar-refractivity contribution in [2.45, 2.75) is 32.9 Å². The SMILES string of the molecule is CC(C)(C)NCc1cc(=O)[nH]c(-c2cccs2)n1. The van der Waals surface area contributed by atoms with Gasteiger partial charge in [0, 0.05) is 18.2 Å². The Bertz CT molecular complexity index is 567. The molecule has 2 N–H and O–H groups in total. The highest BCUT2D eigenvalue weighted by atomic mass is 32.1. The van der Waals surface area contributed by atoms with E-state index in [4.69, 9.17) is 0 Å². The molecule has 0 saturated heterocycles. The number of nitrogens with one attached hydrogen (secondary N) is 2. The van der Waals surface area contributed by atoms with Crippen molar-refractivity contribution in [3.8, 4) is 10.7 Å². The average molecular weight is 263 g/mol. The maximum atomic E-state index is 11.6. The smallest absolute Gasteiger partial charge is 0.251 e. The van der Waals surface area contributed by atoms with E-state index in [0.29, 0.717) is 12.4 Å². The Hall–Kier alpha value is -1.46. The quantitative estimate of drug-likeness (QED) is 0.894. The first-order chi connectivity index (χ1) is 8.44. The van der Waals surface area contributed by atoms with Crippen LogP contribution in [0.2, 0.25) is 0 Å². The predicted molar refractivity (Wildman–Crippen MR) is 74.8 cm³/mol. The van der Waals surface area contributed by atoms with Crippen LogP contribution in [-0.2, 0) is 6.54 Å². The fourth-order valence-corrected chi connectivity index (χ4v) is 2.15. The van der Waals surface area contributed by atoms with Gasteiger partial charge in [0.2, 0.25) is 0 Å². The van der Waals surface area contributed by atoms with Crippen LogP contribution in [0.1, 0.15) is 26.5 Å². The van der Waals surface area contributed by atoms with Crippen LogP contribution in [-0.4, -0.2) is 15.5 Å². The summed E-state index contributed by atoms with van der Waals surface area (Å²) >= 11 is 1.56. The van der Waals surface area contributed by atoms with Crippen molar-refractivity contribution in [1.82, 2.24) is 15.3 Å². The van der Waals surface area contributed by atoms with Crippen molar-refractivity contribution in [2.24, 2.45) is 0 Å². The fraction of sp³-hybridized carbons (Fsp3) is 0.385. The molecule has 2 aromatic rings. The van der Waals surface area contributed by atoms with Gasteiger partial charge in [-0.3, -0.25) is 4.79 Å². The van der Waals surface area contributed by atoms with Crippen LogP contribution in [0.5, 0.6) is 0 Å². The average Bonchev–Trinajstić information content (AvgIpc) is 2.78. The highest BCUT2D eigenvalue weighted by Crippen LogP contribution is 2.19. The maximum absolute atomic E-state index is 11.6. The van der Waals surface area contributed by atoms with Crippen molar-refractivity contribution >= 4 is 11.3 Å². The lowest BCUT2D eigenvalue weighted by Gasteiger charge is -2.20. The van der Waals surface area contributed by atoms with Gasteiger partial charge in [-0.1, -0.05) is 6.07 Å². The molecule has 0 fully saturated rings. The summed E-state index contributed by atoms with van der Waals surface area (Å²) in [7, 11) is 0. The Morgan fingerprint density at radius 1 is 1.44 bits per heavy atom. The van der Waals surface area contributed by atoms with E-state index in [9.17, 15) is 4.79 Å². The molecule has 0 radical (unpaired) electrons. The molecule has 18 heavy (non-hydrogen) atoms. The highest BCUT2D eigenvalue weighted by Gasteiger charge is 2.10. The molecule has 4 nitrogen and oxygen atoms in total. The minimum absolute atomic E-state index is 0.00732. The first-order valence-corrected chi connectivity index (χ1v) is 6.71. The molecule has 96 valence electrons. The zero-order chi connectivity index (χ0) is 13.2. The van der Waals surface area contributed by atoms with Crippen LogP contribution >= 0.6 is 11.3 Å². The van der Waals surface area contributed by atoms with E-state index in [2.05, 4.69) is 36.1 Å². The Labute approximate surface area is 110 Å². The second-order valence-electron chi connectivity index (χ2n) is 5.17. The summed E-state index contributed by atoms with van der Waals surface area (Å²) in [5.41, 5.74) is 0.657. The van der Waals surface area contributed by atoms with Crippen molar-refractivity contribution in [3.63, 3.8) is 0 Å². The standard InChI is InChI=1S/C13H17N3OS/c1-13(2,3)14-8-9-7-11(17)16-12(15-9)10-5-4-6-18-10/h4-7,14H,8H2,1-3H3,(H,15,16,17). The lowest BCUT2D eigenvalue weighted by atomic mass is 10.1. The van der Waals surface area contributed by atoms with Crippen molar-refractivity contribution in [3.05, 3.63) is 39.6 Å². The molecule has 0 saturated carbocycles. The van der Waals surface area contributed by atoms with E-state index in [0.717, 1.165) is 10.6 Å². The lowest BCUT2D eigenvalue weighted by molar-refractivity contribution is 0.421. The molecule has 0 aromatic carbocycles. The molecular formula is C13H17N3OS. The van der Waals surface area contributed by atoms with Gasteiger partial charge in [-0.15, -0.1) is 11.3 Å². The second kappa shape index (κ2) is 5.04. The molecule has 0 amide bonds.